The van der Waals surface area contributed by atoms with Gasteiger partial charge in [-0.2, -0.15) is 0 Å². The Hall–Kier alpha value is -0.820. The number of hydrogen-bond donors (Lipinski definition) is 2. The van der Waals surface area contributed by atoms with Crippen LogP contribution in [0.2, 0.25) is 0 Å². The molecule has 0 aliphatic heterocycles. The van der Waals surface area contributed by atoms with Crippen molar-refractivity contribution < 1.29 is 4.63 Å². The highest BCUT2D eigenvalue weighted by Crippen LogP contribution is 2.39. The SMILES string of the molecule is Nc1c(Br)c(Br)c(N)c2nonc12. The Morgan fingerprint density at radius 3 is 1.69 bits per heavy atom. The fraction of sp³-hybridized carbons (Fsp3) is 0. The zero-order valence-corrected chi connectivity index (χ0v) is 9.39. The minimum Gasteiger partial charge on any atom is -0.396 e. The van der Waals surface area contributed by atoms with Crippen molar-refractivity contribution in [3.63, 3.8) is 0 Å². The Morgan fingerprint density at radius 2 is 1.31 bits per heavy atom. The lowest BCUT2D eigenvalue weighted by Crippen LogP contribution is -1.95. The molecule has 68 valence electrons. The highest BCUT2D eigenvalue weighted by atomic mass is 79.9. The lowest BCUT2D eigenvalue weighted by molar-refractivity contribution is 0.316. The van der Waals surface area contributed by atoms with Crippen molar-refractivity contribution in [2.75, 3.05) is 11.5 Å². The summed E-state index contributed by atoms with van der Waals surface area (Å²) in [5, 5.41) is 7.28. The molecule has 2 aromatic rings. The normalized spacial score (nSPS) is 10.9. The summed E-state index contributed by atoms with van der Waals surface area (Å²) in [7, 11) is 0. The largest absolute Gasteiger partial charge is 0.396 e. The number of anilines is 2. The van der Waals surface area contributed by atoms with Gasteiger partial charge in [0.15, 0.2) is 11.0 Å². The fourth-order valence-electron chi connectivity index (χ4n) is 0.986. The van der Waals surface area contributed by atoms with Crippen LogP contribution in [0.25, 0.3) is 11.0 Å². The summed E-state index contributed by atoms with van der Waals surface area (Å²) in [6.45, 7) is 0. The van der Waals surface area contributed by atoms with Crippen LogP contribution in [-0.4, -0.2) is 10.3 Å². The van der Waals surface area contributed by atoms with E-state index in [0.29, 0.717) is 31.4 Å². The number of nitrogens with zero attached hydrogens (tertiary/aromatic N) is 2. The van der Waals surface area contributed by atoms with E-state index in [1.807, 2.05) is 0 Å². The summed E-state index contributed by atoms with van der Waals surface area (Å²) >= 11 is 6.55. The molecule has 7 heteroatoms. The molecule has 0 aliphatic carbocycles. The Bertz CT molecular complexity index is 439. The molecule has 13 heavy (non-hydrogen) atoms. The number of nitrogen functional groups attached to an aromatic ring is 2. The number of benzene rings is 1. The van der Waals surface area contributed by atoms with E-state index in [9.17, 15) is 0 Å². The molecule has 1 aromatic heterocycles. The molecule has 1 heterocycles. The summed E-state index contributed by atoms with van der Waals surface area (Å²) in [6, 6.07) is 0. The summed E-state index contributed by atoms with van der Waals surface area (Å²) < 4.78 is 5.86. The van der Waals surface area contributed by atoms with Crippen molar-refractivity contribution in [2.24, 2.45) is 0 Å². The standard InChI is InChI=1S/C6H4Br2N4O/c7-1-2(8)4(10)6-5(3(1)9)11-13-12-6/h9-10H2. The lowest BCUT2D eigenvalue weighted by Gasteiger charge is -2.03. The number of fused-ring (bicyclic) bond motifs is 1. The van der Waals surface area contributed by atoms with Gasteiger partial charge in [-0.3, -0.25) is 0 Å². The Kier molecular flexibility index (Phi) is 1.92. The molecule has 5 nitrogen and oxygen atoms in total. The average Bonchev–Trinajstić information content (AvgIpc) is 2.59. The van der Waals surface area contributed by atoms with Gasteiger partial charge < -0.3 is 11.5 Å². The maximum absolute atomic E-state index is 5.74. The van der Waals surface area contributed by atoms with Crippen LogP contribution >= 0.6 is 31.9 Å². The number of rotatable bonds is 0. The third kappa shape index (κ3) is 1.11. The molecule has 0 fully saturated rings. The minimum absolute atomic E-state index is 0.456. The molecule has 2 rings (SSSR count). The zero-order chi connectivity index (χ0) is 9.59. The number of halogens is 2. The molecule has 0 saturated carbocycles. The smallest absolute Gasteiger partial charge is 0.161 e. The number of hydrogen-bond acceptors (Lipinski definition) is 5. The second kappa shape index (κ2) is 2.85. The molecule has 0 amide bonds. The summed E-state index contributed by atoms with van der Waals surface area (Å²) in [5.74, 6) is 0. The van der Waals surface area contributed by atoms with Crippen molar-refractivity contribution in [1.82, 2.24) is 10.3 Å². The lowest BCUT2D eigenvalue weighted by atomic mass is 10.2. The van der Waals surface area contributed by atoms with E-state index in [0.717, 1.165) is 0 Å². The van der Waals surface area contributed by atoms with Crippen LogP contribution in [0.3, 0.4) is 0 Å². The Morgan fingerprint density at radius 1 is 0.923 bits per heavy atom. The van der Waals surface area contributed by atoms with E-state index in [-0.39, 0.29) is 0 Å². The van der Waals surface area contributed by atoms with Crippen LogP contribution in [0.5, 0.6) is 0 Å². The molecule has 0 bridgehead atoms. The summed E-state index contributed by atoms with van der Waals surface area (Å²) in [5.41, 5.74) is 13.3. The molecule has 0 atom stereocenters. The van der Waals surface area contributed by atoms with Gasteiger partial charge in [0.05, 0.1) is 20.3 Å². The van der Waals surface area contributed by atoms with E-state index in [1.54, 1.807) is 0 Å². The van der Waals surface area contributed by atoms with Crippen molar-refractivity contribution in [1.29, 1.82) is 0 Å². The van der Waals surface area contributed by atoms with Crippen molar-refractivity contribution in [3.8, 4) is 0 Å². The predicted octanol–water partition coefficient (Wildman–Crippen LogP) is 1.91. The molecular weight excluding hydrogens is 304 g/mol. The maximum atomic E-state index is 5.74. The first kappa shape index (κ1) is 8.76. The van der Waals surface area contributed by atoms with Gasteiger partial charge in [-0.15, -0.1) is 0 Å². The average molecular weight is 308 g/mol. The third-order valence-electron chi connectivity index (χ3n) is 1.66. The van der Waals surface area contributed by atoms with Crippen molar-refractivity contribution >= 4 is 54.3 Å². The molecular formula is C6H4Br2N4O. The van der Waals surface area contributed by atoms with Crippen LogP contribution < -0.4 is 11.5 Å². The zero-order valence-electron chi connectivity index (χ0n) is 6.21. The van der Waals surface area contributed by atoms with Crippen molar-refractivity contribution in [3.05, 3.63) is 8.95 Å². The van der Waals surface area contributed by atoms with Gasteiger partial charge in [0.25, 0.3) is 0 Å². The quantitative estimate of drug-likeness (QED) is 0.726. The highest BCUT2D eigenvalue weighted by Gasteiger charge is 2.16. The van der Waals surface area contributed by atoms with Gasteiger partial charge in [-0.25, -0.2) is 4.63 Å². The van der Waals surface area contributed by atoms with Crippen LogP contribution in [0.15, 0.2) is 13.6 Å². The molecule has 0 aliphatic rings. The van der Waals surface area contributed by atoms with Gasteiger partial charge in [-0.05, 0) is 42.2 Å². The molecule has 4 N–H and O–H groups in total. The van der Waals surface area contributed by atoms with E-state index in [4.69, 9.17) is 11.5 Å². The van der Waals surface area contributed by atoms with Crippen LogP contribution in [-0.2, 0) is 0 Å². The molecule has 0 saturated heterocycles. The number of aromatic nitrogens is 2. The van der Waals surface area contributed by atoms with Gasteiger partial charge in [0.1, 0.15) is 0 Å². The van der Waals surface area contributed by atoms with E-state index >= 15 is 0 Å². The number of nitrogens with two attached hydrogens (primary N) is 2. The first-order valence-corrected chi connectivity index (χ1v) is 4.85. The van der Waals surface area contributed by atoms with E-state index in [1.165, 1.54) is 0 Å². The third-order valence-corrected chi connectivity index (χ3v) is 3.84. The van der Waals surface area contributed by atoms with Crippen LogP contribution in [0.4, 0.5) is 11.4 Å². The molecule has 0 radical (unpaired) electrons. The van der Waals surface area contributed by atoms with Crippen LogP contribution in [0, 0.1) is 0 Å². The Labute approximate surface area is 89.7 Å². The first-order valence-electron chi connectivity index (χ1n) is 3.27. The predicted molar refractivity (Wildman–Crippen MR) is 56.0 cm³/mol. The fourth-order valence-corrected chi connectivity index (χ4v) is 1.79. The van der Waals surface area contributed by atoms with Crippen molar-refractivity contribution in [2.45, 2.75) is 0 Å². The Balaban J connectivity index is 3.02. The molecule has 1 aromatic carbocycles. The van der Waals surface area contributed by atoms with Gasteiger partial charge in [-0.1, -0.05) is 0 Å². The van der Waals surface area contributed by atoms with E-state index in [2.05, 4.69) is 46.8 Å². The van der Waals surface area contributed by atoms with Gasteiger partial charge in [0, 0.05) is 0 Å². The second-order valence-corrected chi connectivity index (χ2v) is 4.00. The monoisotopic (exact) mass is 306 g/mol. The topological polar surface area (TPSA) is 91.0 Å². The second-order valence-electron chi connectivity index (χ2n) is 2.42. The molecule has 0 unspecified atom stereocenters. The van der Waals surface area contributed by atoms with Crippen LogP contribution in [0.1, 0.15) is 0 Å². The molecule has 0 spiro atoms. The summed E-state index contributed by atoms with van der Waals surface area (Å²) in [6.07, 6.45) is 0. The van der Waals surface area contributed by atoms with Gasteiger partial charge in [0.2, 0.25) is 0 Å². The maximum Gasteiger partial charge on any atom is 0.161 e. The highest BCUT2D eigenvalue weighted by molar-refractivity contribution is 9.13. The minimum atomic E-state index is 0.456. The van der Waals surface area contributed by atoms with E-state index < -0.39 is 0 Å². The summed E-state index contributed by atoms with van der Waals surface area (Å²) in [4.78, 5) is 0. The van der Waals surface area contributed by atoms with Gasteiger partial charge >= 0.3 is 0 Å². The first-order chi connectivity index (χ1) is 6.13.